The van der Waals surface area contributed by atoms with Crippen molar-refractivity contribution in [2.24, 2.45) is 0 Å². The molecule has 0 aromatic heterocycles. The second kappa shape index (κ2) is 30.6. The van der Waals surface area contributed by atoms with Gasteiger partial charge in [0, 0.05) is 6.42 Å². The molecule has 0 heterocycles. The van der Waals surface area contributed by atoms with Crippen LogP contribution in [0.2, 0.25) is 0 Å². The van der Waals surface area contributed by atoms with E-state index in [9.17, 15) is 4.79 Å². The van der Waals surface area contributed by atoms with Crippen molar-refractivity contribution in [3.63, 3.8) is 0 Å². The monoisotopic (exact) mass is 512 g/mol. The molecule has 0 radical (unpaired) electrons. The Bertz CT molecular complexity index is 426. The second-order valence-corrected chi connectivity index (χ2v) is 11.1. The lowest BCUT2D eigenvalue weighted by molar-refractivity contribution is -0.147. The summed E-state index contributed by atoms with van der Waals surface area (Å²) < 4.78 is 4.90. The van der Waals surface area contributed by atoms with E-state index >= 15 is 0 Å². The van der Waals surface area contributed by atoms with Crippen LogP contribution in [-0.4, -0.2) is 35.5 Å². The average molecular weight is 513 g/mol. The Labute approximate surface area is 225 Å². The van der Waals surface area contributed by atoms with Crippen LogP contribution in [0.5, 0.6) is 0 Å². The summed E-state index contributed by atoms with van der Waals surface area (Å²) >= 11 is 0. The van der Waals surface area contributed by atoms with Gasteiger partial charge in [0.15, 0.2) is 0 Å². The van der Waals surface area contributed by atoms with E-state index in [4.69, 9.17) is 14.9 Å². The fourth-order valence-electron chi connectivity index (χ4n) is 4.90. The highest BCUT2D eigenvalue weighted by atomic mass is 16.5. The maximum Gasteiger partial charge on any atom is 0.305 e. The molecule has 216 valence electrons. The summed E-state index contributed by atoms with van der Waals surface area (Å²) in [5, 5.41) is 17.8. The number of aliphatic hydroxyl groups is 2. The number of unbranched alkanes of at least 4 members (excludes halogenated alkanes) is 25. The lowest BCUT2D eigenvalue weighted by atomic mass is 10.0. The summed E-state index contributed by atoms with van der Waals surface area (Å²) in [7, 11) is 0. The molecule has 0 aliphatic heterocycles. The molecule has 0 aliphatic rings. The molecule has 1 unspecified atom stereocenters. The summed E-state index contributed by atoms with van der Waals surface area (Å²) in [6.07, 6.45) is 35.2. The van der Waals surface area contributed by atoms with Gasteiger partial charge in [-0.05, 0) is 6.42 Å². The van der Waals surface area contributed by atoms with Crippen molar-refractivity contribution in [3.05, 3.63) is 0 Å². The fourth-order valence-corrected chi connectivity index (χ4v) is 4.90. The predicted octanol–water partition coefficient (Wildman–Crippen LogP) is 9.44. The second-order valence-electron chi connectivity index (χ2n) is 11.1. The summed E-state index contributed by atoms with van der Waals surface area (Å²) in [5.41, 5.74) is 0. The Hall–Kier alpha value is -0.610. The number of hydrogen-bond acceptors (Lipinski definition) is 4. The first kappa shape index (κ1) is 35.4. The zero-order chi connectivity index (χ0) is 26.4. The molecule has 0 aromatic rings. The van der Waals surface area contributed by atoms with Crippen molar-refractivity contribution < 1.29 is 19.7 Å². The number of carbonyl (C=O) groups excluding carboxylic acids is 1. The third-order valence-electron chi connectivity index (χ3n) is 7.38. The Morgan fingerprint density at radius 1 is 0.528 bits per heavy atom. The molecule has 0 aliphatic carbocycles. The third kappa shape index (κ3) is 29.6. The van der Waals surface area contributed by atoms with Gasteiger partial charge >= 0.3 is 5.97 Å². The van der Waals surface area contributed by atoms with Crippen molar-refractivity contribution in [1.29, 1.82) is 0 Å². The van der Waals surface area contributed by atoms with Crippen molar-refractivity contribution in [2.45, 2.75) is 186 Å². The van der Waals surface area contributed by atoms with Crippen LogP contribution >= 0.6 is 0 Å². The number of aliphatic hydroxyl groups excluding tert-OH is 2. The summed E-state index contributed by atoms with van der Waals surface area (Å²) in [6, 6.07) is 0. The van der Waals surface area contributed by atoms with Crippen LogP contribution in [-0.2, 0) is 9.53 Å². The number of carbonyl (C=O) groups is 1. The molecule has 0 rings (SSSR count). The molecule has 0 aromatic carbocycles. The van der Waals surface area contributed by atoms with Gasteiger partial charge in [-0.3, -0.25) is 4.79 Å². The summed E-state index contributed by atoms with van der Waals surface area (Å²) in [5.74, 6) is -0.271. The smallest absolute Gasteiger partial charge is 0.305 e. The van der Waals surface area contributed by atoms with Crippen LogP contribution in [0.4, 0.5) is 0 Å². The third-order valence-corrected chi connectivity index (χ3v) is 7.38. The normalized spacial score (nSPS) is 12.2. The topological polar surface area (TPSA) is 66.8 Å². The Kier molecular flexibility index (Phi) is 30.1. The maximum absolute atomic E-state index is 11.5. The highest BCUT2D eigenvalue weighted by Gasteiger charge is 2.07. The minimum absolute atomic E-state index is 0.102. The van der Waals surface area contributed by atoms with Crippen LogP contribution < -0.4 is 0 Å². The minimum Gasteiger partial charge on any atom is -0.463 e. The first-order valence-corrected chi connectivity index (χ1v) is 16.1. The minimum atomic E-state index is -0.956. The van der Waals surface area contributed by atoms with E-state index in [0.717, 1.165) is 12.8 Å². The Morgan fingerprint density at radius 2 is 0.806 bits per heavy atom. The Morgan fingerprint density at radius 3 is 1.08 bits per heavy atom. The largest absolute Gasteiger partial charge is 0.463 e. The first-order chi connectivity index (χ1) is 17.7. The highest BCUT2D eigenvalue weighted by molar-refractivity contribution is 5.69. The van der Waals surface area contributed by atoms with E-state index in [-0.39, 0.29) is 19.2 Å². The van der Waals surface area contributed by atoms with Gasteiger partial charge in [-0.15, -0.1) is 0 Å². The lowest BCUT2D eigenvalue weighted by Gasteiger charge is -2.08. The highest BCUT2D eigenvalue weighted by Crippen LogP contribution is 2.16. The van der Waals surface area contributed by atoms with Crippen LogP contribution in [0.25, 0.3) is 0 Å². The van der Waals surface area contributed by atoms with E-state index in [1.165, 1.54) is 154 Å². The van der Waals surface area contributed by atoms with Gasteiger partial charge in [0.1, 0.15) is 12.7 Å². The van der Waals surface area contributed by atoms with Crippen LogP contribution in [0.3, 0.4) is 0 Å². The van der Waals surface area contributed by atoms with E-state index in [1.807, 2.05) is 0 Å². The molecule has 0 spiro atoms. The zero-order valence-corrected chi connectivity index (χ0v) is 24.3. The summed E-state index contributed by atoms with van der Waals surface area (Å²) in [4.78, 5) is 11.5. The van der Waals surface area contributed by atoms with Gasteiger partial charge < -0.3 is 14.9 Å². The van der Waals surface area contributed by atoms with Crippen LogP contribution in [0, 0.1) is 0 Å². The molecule has 0 amide bonds. The van der Waals surface area contributed by atoms with Crippen LogP contribution in [0.15, 0.2) is 0 Å². The molecule has 0 bridgehead atoms. The van der Waals surface area contributed by atoms with Crippen molar-refractivity contribution in [1.82, 2.24) is 0 Å². The van der Waals surface area contributed by atoms with E-state index < -0.39 is 6.10 Å². The van der Waals surface area contributed by atoms with Gasteiger partial charge in [-0.2, -0.15) is 0 Å². The average Bonchev–Trinajstić information content (AvgIpc) is 2.89. The molecule has 4 heteroatoms. The number of esters is 1. The predicted molar refractivity (Wildman–Crippen MR) is 154 cm³/mol. The first-order valence-electron chi connectivity index (χ1n) is 16.1. The molecule has 0 fully saturated rings. The zero-order valence-electron chi connectivity index (χ0n) is 24.3. The molecule has 4 nitrogen and oxygen atoms in total. The van der Waals surface area contributed by atoms with Gasteiger partial charge in [0.25, 0.3) is 0 Å². The van der Waals surface area contributed by atoms with Crippen LogP contribution in [0.1, 0.15) is 180 Å². The number of rotatable bonds is 30. The van der Waals surface area contributed by atoms with Crippen molar-refractivity contribution in [2.75, 3.05) is 13.2 Å². The van der Waals surface area contributed by atoms with E-state index in [1.54, 1.807) is 0 Å². The SMILES string of the molecule is CCCCCCCCCCCCCCCCCCCCCCCCCCCCC(=O)OCC(O)CO. The van der Waals surface area contributed by atoms with E-state index in [2.05, 4.69) is 6.92 Å². The molecule has 36 heavy (non-hydrogen) atoms. The quantitative estimate of drug-likeness (QED) is 0.0743. The number of ether oxygens (including phenoxy) is 1. The van der Waals surface area contributed by atoms with Crippen molar-refractivity contribution >= 4 is 5.97 Å². The van der Waals surface area contributed by atoms with Gasteiger partial charge in [-0.1, -0.05) is 167 Å². The molecule has 0 saturated carbocycles. The van der Waals surface area contributed by atoms with Gasteiger partial charge in [-0.25, -0.2) is 0 Å². The molecule has 0 saturated heterocycles. The lowest BCUT2D eigenvalue weighted by Crippen LogP contribution is -2.21. The Balaban J connectivity index is 3.09. The maximum atomic E-state index is 11.5. The van der Waals surface area contributed by atoms with E-state index in [0.29, 0.717) is 6.42 Å². The van der Waals surface area contributed by atoms with Crippen molar-refractivity contribution in [3.8, 4) is 0 Å². The van der Waals surface area contributed by atoms with Gasteiger partial charge in [0.2, 0.25) is 0 Å². The molecular formula is C32H64O4. The molecule has 1 atom stereocenters. The molecule has 2 N–H and O–H groups in total. The fraction of sp³-hybridized carbons (Fsp3) is 0.969. The standard InChI is InChI=1S/C32H64O4/c1-2-3-4-5-6-7-8-9-10-11-12-13-14-15-16-17-18-19-20-21-22-23-24-25-26-27-28-32(35)36-30-31(34)29-33/h31,33-34H,2-30H2,1H3. The summed E-state index contributed by atoms with van der Waals surface area (Å²) in [6.45, 7) is 1.82. The molecular weight excluding hydrogens is 448 g/mol. The van der Waals surface area contributed by atoms with Gasteiger partial charge in [0.05, 0.1) is 6.61 Å². The number of hydrogen-bond donors (Lipinski definition) is 2.